The van der Waals surface area contributed by atoms with Crippen LogP contribution in [0.4, 0.5) is 4.39 Å². The molecular formula is C15H12ClFN2O. The van der Waals surface area contributed by atoms with E-state index >= 15 is 0 Å². The molecule has 0 atom stereocenters. The Morgan fingerprint density at radius 1 is 1.20 bits per heavy atom. The van der Waals surface area contributed by atoms with E-state index in [2.05, 4.69) is 10.5 Å². The summed E-state index contributed by atoms with van der Waals surface area (Å²) in [4.78, 5) is 11.9. The number of hydrogen-bond donors (Lipinski definition) is 1. The minimum Gasteiger partial charge on any atom is -0.267 e. The fraction of sp³-hybridized carbons (Fsp3) is 0.0667. The van der Waals surface area contributed by atoms with Crippen molar-refractivity contribution in [2.75, 3.05) is 0 Å². The van der Waals surface area contributed by atoms with Crippen molar-refractivity contribution >= 4 is 23.2 Å². The number of carbonyl (C=O) groups is 1. The van der Waals surface area contributed by atoms with Gasteiger partial charge < -0.3 is 0 Å². The Hall–Kier alpha value is -2.20. The Labute approximate surface area is 121 Å². The van der Waals surface area contributed by atoms with Crippen molar-refractivity contribution in [3.8, 4) is 0 Å². The lowest BCUT2D eigenvalue weighted by molar-refractivity contribution is 0.0955. The molecule has 0 spiro atoms. The summed E-state index contributed by atoms with van der Waals surface area (Å²) in [5.74, 6) is -0.763. The summed E-state index contributed by atoms with van der Waals surface area (Å²) in [6, 6.07) is 12.7. The maximum Gasteiger partial charge on any atom is 0.272 e. The predicted molar refractivity (Wildman–Crippen MR) is 77.5 cm³/mol. The number of amides is 1. The SMILES string of the molecule is C/C(=N\NC(=O)c1ccccc1Cl)c1cccc(F)c1. The van der Waals surface area contributed by atoms with Crippen molar-refractivity contribution in [2.24, 2.45) is 5.10 Å². The fourth-order valence-electron chi connectivity index (χ4n) is 1.62. The number of halogens is 2. The lowest BCUT2D eigenvalue weighted by Crippen LogP contribution is -2.19. The van der Waals surface area contributed by atoms with E-state index in [1.807, 2.05) is 0 Å². The molecule has 0 fully saturated rings. The Bertz CT molecular complexity index is 670. The molecule has 0 heterocycles. The summed E-state index contributed by atoms with van der Waals surface area (Å²) in [6.07, 6.45) is 0. The van der Waals surface area contributed by atoms with Gasteiger partial charge in [-0.25, -0.2) is 9.82 Å². The van der Waals surface area contributed by atoms with Crippen LogP contribution in [0.3, 0.4) is 0 Å². The van der Waals surface area contributed by atoms with Crippen molar-refractivity contribution in [3.63, 3.8) is 0 Å². The molecule has 0 saturated carbocycles. The van der Waals surface area contributed by atoms with Crippen molar-refractivity contribution in [1.29, 1.82) is 0 Å². The van der Waals surface area contributed by atoms with E-state index in [4.69, 9.17) is 11.6 Å². The molecule has 0 radical (unpaired) electrons. The van der Waals surface area contributed by atoms with Crippen LogP contribution in [0.25, 0.3) is 0 Å². The number of nitrogens with zero attached hydrogens (tertiary/aromatic N) is 1. The Morgan fingerprint density at radius 3 is 2.65 bits per heavy atom. The van der Waals surface area contributed by atoms with Crippen molar-refractivity contribution in [2.45, 2.75) is 6.92 Å². The maximum absolute atomic E-state index is 13.1. The quantitative estimate of drug-likeness (QED) is 0.680. The molecule has 102 valence electrons. The van der Waals surface area contributed by atoms with Gasteiger partial charge in [0.05, 0.1) is 16.3 Å². The molecule has 0 aromatic heterocycles. The van der Waals surface area contributed by atoms with Crippen LogP contribution in [0.2, 0.25) is 5.02 Å². The van der Waals surface area contributed by atoms with Crippen LogP contribution in [-0.2, 0) is 0 Å². The maximum atomic E-state index is 13.1. The normalized spacial score (nSPS) is 11.2. The molecule has 0 aliphatic rings. The first kappa shape index (κ1) is 14.2. The van der Waals surface area contributed by atoms with Crippen LogP contribution in [0.1, 0.15) is 22.8 Å². The van der Waals surface area contributed by atoms with Gasteiger partial charge in [0.2, 0.25) is 0 Å². The Morgan fingerprint density at radius 2 is 1.95 bits per heavy atom. The third-order valence-electron chi connectivity index (χ3n) is 2.69. The van der Waals surface area contributed by atoms with Crippen molar-refractivity contribution < 1.29 is 9.18 Å². The molecule has 5 heteroatoms. The smallest absolute Gasteiger partial charge is 0.267 e. The molecule has 0 aliphatic carbocycles. The zero-order chi connectivity index (χ0) is 14.5. The molecule has 0 unspecified atom stereocenters. The molecule has 2 aromatic rings. The standard InChI is InChI=1S/C15H12ClFN2O/c1-10(11-5-4-6-12(17)9-11)18-19-15(20)13-7-2-3-8-14(13)16/h2-9H,1H3,(H,19,20)/b18-10+. The van der Waals surface area contributed by atoms with Crippen LogP contribution in [-0.4, -0.2) is 11.6 Å². The Balaban J connectivity index is 2.13. The van der Waals surface area contributed by atoms with Crippen molar-refractivity contribution in [3.05, 3.63) is 70.5 Å². The van der Waals surface area contributed by atoms with Gasteiger partial charge in [-0.15, -0.1) is 0 Å². The summed E-state index contributed by atoms with van der Waals surface area (Å²) in [7, 11) is 0. The van der Waals surface area contributed by atoms with Crippen LogP contribution < -0.4 is 5.43 Å². The second kappa shape index (κ2) is 6.30. The number of benzene rings is 2. The van der Waals surface area contributed by atoms with Gasteiger partial charge in [-0.3, -0.25) is 4.79 Å². The van der Waals surface area contributed by atoms with Gasteiger partial charge in [0.15, 0.2) is 0 Å². The largest absolute Gasteiger partial charge is 0.272 e. The van der Waals surface area contributed by atoms with Gasteiger partial charge in [-0.05, 0) is 31.2 Å². The highest BCUT2D eigenvalue weighted by Gasteiger charge is 2.08. The monoisotopic (exact) mass is 290 g/mol. The van der Waals surface area contributed by atoms with Gasteiger partial charge in [-0.2, -0.15) is 5.10 Å². The van der Waals surface area contributed by atoms with E-state index in [-0.39, 0.29) is 5.82 Å². The average molecular weight is 291 g/mol. The van der Waals surface area contributed by atoms with Crippen LogP contribution >= 0.6 is 11.6 Å². The first-order valence-corrected chi connectivity index (χ1v) is 6.31. The third kappa shape index (κ3) is 3.42. The first-order valence-electron chi connectivity index (χ1n) is 5.93. The number of hydrazone groups is 1. The molecule has 3 nitrogen and oxygen atoms in total. The van der Waals surface area contributed by atoms with E-state index < -0.39 is 5.91 Å². The zero-order valence-corrected chi connectivity index (χ0v) is 11.5. The molecular weight excluding hydrogens is 279 g/mol. The number of carbonyl (C=O) groups excluding carboxylic acids is 1. The van der Waals surface area contributed by atoms with E-state index in [9.17, 15) is 9.18 Å². The summed E-state index contributed by atoms with van der Waals surface area (Å²) in [6.45, 7) is 1.68. The topological polar surface area (TPSA) is 41.5 Å². The second-order valence-corrected chi connectivity index (χ2v) is 4.54. The zero-order valence-electron chi connectivity index (χ0n) is 10.7. The van der Waals surface area contributed by atoms with Gasteiger partial charge in [0.25, 0.3) is 5.91 Å². The predicted octanol–water partition coefficient (Wildman–Crippen LogP) is 3.63. The Kier molecular flexibility index (Phi) is 4.48. The first-order chi connectivity index (χ1) is 9.58. The molecule has 0 saturated heterocycles. The van der Waals surface area contributed by atoms with Gasteiger partial charge in [0.1, 0.15) is 5.82 Å². The van der Waals surface area contributed by atoms with E-state index in [0.717, 1.165) is 0 Å². The molecule has 0 aliphatic heterocycles. The molecule has 1 N–H and O–H groups in total. The minimum absolute atomic E-state index is 0.338. The summed E-state index contributed by atoms with van der Waals surface area (Å²) in [5, 5.41) is 4.30. The van der Waals surface area contributed by atoms with Crippen LogP contribution in [0.5, 0.6) is 0 Å². The van der Waals surface area contributed by atoms with Gasteiger partial charge in [0, 0.05) is 5.56 Å². The number of nitrogens with one attached hydrogen (secondary N) is 1. The second-order valence-electron chi connectivity index (χ2n) is 4.13. The average Bonchev–Trinajstić information content (AvgIpc) is 2.45. The van der Waals surface area contributed by atoms with Crippen LogP contribution in [0.15, 0.2) is 53.6 Å². The number of hydrogen-bond acceptors (Lipinski definition) is 2. The van der Waals surface area contributed by atoms with E-state index in [1.54, 1.807) is 43.3 Å². The fourth-order valence-corrected chi connectivity index (χ4v) is 1.84. The molecule has 0 bridgehead atoms. The summed E-state index contributed by atoms with van der Waals surface area (Å²) in [5.41, 5.74) is 3.84. The summed E-state index contributed by atoms with van der Waals surface area (Å²) < 4.78 is 13.1. The summed E-state index contributed by atoms with van der Waals surface area (Å²) >= 11 is 5.91. The van der Waals surface area contributed by atoms with Crippen molar-refractivity contribution in [1.82, 2.24) is 5.43 Å². The van der Waals surface area contributed by atoms with Gasteiger partial charge >= 0.3 is 0 Å². The highest BCUT2D eigenvalue weighted by molar-refractivity contribution is 6.33. The van der Waals surface area contributed by atoms with Crippen LogP contribution in [0, 0.1) is 5.82 Å². The van der Waals surface area contributed by atoms with E-state index in [0.29, 0.717) is 21.9 Å². The highest BCUT2D eigenvalue weighted by atomic mass is 35.5. The third-order valence-corrected chi connectivity index (χ3v) is 3.02. The lowest BCUT2D eigenvalue weighted by atomic mass is 10.1. The number of rotatable bonds is 3. The molecule has 1 amide bonds. The molecule has 20 heavy (non-hydrogen) atoms. The van der Waals surface area contributed by atoms with E-state index in [1.165, 1.54) is 12.1 Å². The minimum atomic E-state index is -0.411. The molecule has 2 aromatic carbocycles. The lowest BCUT2D eigenvalue weighted by Gasteiger charge is -2.04. The molecule has 2 rings (SSSR count). The highest BCUT2D eigenvalue weighted by Crippen LogP contribution is 2.14. The van der Waals surface area contributed by atoms with Gasteiger partial charge in [-0.1, -0.05) is 35.9 Å².